The first-order chi connectivity index (χ1) is 5.98. The third kappa shape index (κ3) is 6.98. The van der Waals surface area contributed by atoms with Crippen LogP contribution in [0.1, 0.15) is 13.3 Å². The summed E-state index contributed by atoms with van der Waals surface area (Å²) < 4.78 is 22.0. The van der Waals surface area contributed by atoms with Crippen molar-refractivity contribution in [3.05, 3.63) is 0 Å². The highest BCUT2D eigenvalue weighted by Crippen LogP contribution is 1.94. The van der Waals surface area contributed by atoms with Crippen LogP contribution < -0.4 is 10.6 Å². The number of rotatable bonds is 7. The van der Waals surface area contributed by atoms with Gasteiger partial charge in [-0.2, -0.15) is 0 Å². The van der Waals surface area contributed by atoms with Crippen molar-refractivity contribution in [2.24, 2.45) is 0 Å². The Balaban J connectivity index is 3.44. The second-order valence-electron chi connectivity index (χ2n) is 3.30. The van der Waals surface area contributed by atoms with E-state index in [-0.39, 0.29) is 5.25 Å². The van der Waals surface area contributed by atoms with Gasteiger partial charge in [0.15, 0.2) is 9.84 Å². The van der Waals surface area contributed by atoms with Gasteiger partial charge in [-0.3, -0.25) is 0 Å². The molecule has 80 valence electrons. The predicted octanol–water partition coefficient (Wildman–Crippen LogP) is -0.381. The molecule has 5 heteroatoms. The van der Waals surface area contributed by atoms with Gasteiger partial charge in [0.1, 0.15) is 0 Å². The van der Waals surface area contributed by atoms with Gasteiger partial charge in [-0.15, -0.1) is 0 Å². The summed E-state index contributed by atoms with van der Waals surface area (Å²) >= 11 is 0. The molecule has 0 rings (SSSR count). The molecule has 13 heavy (non-hydrogen) atoms. The summed E-state index contributed by atoms with van der Waals surface area (Å²) in [6, 6.07) is 0. The molecule has 0 aromatic rings. The van der Waals surface area contributed by atoms with Crippen LogP contribution in [0.15, 0.2) is 0 Å². The van der Waals surface area contributed by atoms with Gasteiger partial charge in [-0.1, -0.05) is 0 Å². The summed E-state index contributed by atoms with van der Waals surface area (Å²) in [7, 11) is -0.972. The van der Waals surface area contributed by atoms with Crippen molar-refractivity contribution in [3.8, 4) is 0 Å². The largest absolute Gasteiger partial charge is 0.320 e. The fraction of sp³-hybridized carbons (Fsp3) is 1.00. The van der Waals surface area contributed by atoms with Gasteiger partial charge in [-0.05, 0) is 33.5 Å². The third-order valence-corrected chi connectivity index (χ3v) is 3.57. The van der Waals surface area contributed by atoms with Crippen LogP contribution >= 0.6 is 0 Å². The van der Waals surface area contributed by atoms with Crippen LogP contribution in [0.3, 0.4) is 0 Å². The lowest BCUT2D eigenvalue weighted by molar-refractivity contribution is 0.571. The first-order valence-corrected chi connectivity index (χ1v) is 6.48. The van der Waals surface area contributed by atoms with E-state index >= 15 is 0 Å². The fourth-order valence-corrected chi connectivity index (χ4v) is 1.27. The van der Waals surface area contributed by atoms with Crippen LogP contribution in [0.5, 0.6) is 0 Å². The minimum absolute atomic E-state index is 0.290. The molecular formula is C8H20N2O2S. The number of hydrogen-bond donors (Lipinski definition) is 2. The van der Waals surface area contributed by atoms with Crippen molar-refractivity contribution in [1.82, 2.24) is 10.6 Å². The summed E-state index contributed by atoms with van der Waals surface area (Å²) in [6.07, 6.45) is 2.29. The molecule has 4 nitrogen and oxygen atoms in total. The first-order valence-electron chi connectivity index (χ1n) is 4.52. The maximum Gasteiger partial charge on any atom is 0.151 e. The molecule has 0 aliphatic heterocycles. The van der Waals surface area contributed by atoms with Crippen molar-refractivity contribution in [2.75, 3.05) is 32.9 Å². The highest BCUT2D eigenvalue weighted by Gasteiger charge is 2.13. The Morgan fingerprint density at radius 1 is 1.31 bits per heavy atom. The maximum absolute atomic E-state index is 11.0. The van der Waals surface area contributed by atoms with Crippen molar-refractivity contribution in [2.45, 2.75) is 18.6 Å². The molecule has 0 saturated heterocycles. The van der Waals surface area contributed by atoms with Crippen LogP contribution in [-0.4, -0.2) is 46.6 Å². The molecule has 0 amide bonds. The summed E-state index contributed by atoms with van der Waals surface area (Å²) in [5, 5.41) is 5.85. The van der Waals surface area contributed by atoms with Crippen LogP contribution in [0.4, 0.5) is 0 Å². The molecule has 0 aliphatic rings. The molecule has 0 bridgehead atoms. The van der Waals surface area contributed by atoms with E-state index in [0.29, 0.717) is 6.54 Å². The van der Waals surface area contributed by atoms with Gasteiger partial charge in [0, 0.05) is 12.8 Å². The van der Waals surface area contributed by atoms with E-state index in [0.717, 1.165) is 19.5 Å². The van der Waals surface area contributed by atoms with E-state index in [1.165, 1.54) is 6.26 Å². The monoisotopic (exact) mass is 208 g/mol. The summed E-state index contributed by atoms with van der Waals surface area (Å²) in [4.78, 5) is 0. The van der Waals surface area contributed by atoms with Gasteiger partial charge in [0.05, 0.1) is 5.25 Å². The predicted molar refractivity (Wildman–Crippen MR) is 55.7 cm³/mol. The Kier molecular flexibility index (Phi) is 6.28. The zero-order valence-electron chi connectivity index (χ0n) is 8.63. The molecule has 2 N–H and O–H groups in total. The van der Waals surface area contributed by atoms with Gasteiger partial charge in [0.2, 0.25) is 0 Å². The molecule has 1 unspecified atom stereocenters. The SMILES string of the molecule is CNCCCNCC(C)S(C)(=O)=O. The summed E-state index contributed by atoms with van der Waals surface area (Å²) in [5.41, 5.74) is 0. The highest BCUT2D eigenvalue weighted by molar-refractivity contribution is 7.91. The van der Waals surface area contributed by atoms with Crippen molar-refractivity contribution in [3.63, 3.8) is 0 Å². The summed E-state index contributed by atoms with van der Waals surface area (Å²) in [6.45, 7) is 4.09. The maximum atomic E-state index is 11.0. The lowest BCUT2D eigenvalue weighted by Crippen LogP contribution is -2.31. The van der Waals surface area contributed by atoms with Gasteiger partial charge in [-0.25, -0.2) is 8.42 Å². The minimum Gasteiger partial charge on any atom is -0.320 e. The Morgan fingerprint density at radius 3 is 2.38 bits per heavy atom. The fourth-order valence-electron chi connectivity index (χ4n) is 0.847. The summed E-state index contributed by atoms with van der Waals surface area (Å²) in [5.74, 6) is 0. The standard InChI is InChI=1S/C8H20N2O2S/c1-8(13(3,11)12)7-10-6-4-5-9-2/h8-10H,4-7H2,1-3H3. The molecule has 0 heterocycles. The van der Waals surface area contributed by atoms with Crippen molar-refractivity contribution < 1.29 is 8.42 Å². The van der Waals surface area contributed by atoms with E-state index in [4.69, 9.17) is 0 Å². The van der Waals surface area contributed by atoms with Gasteiger partial charge >= 0.3 is 0 Å². The average Bonchev–Trinajstić information content (AvgIpc) is 2.02. The van der Waals surface area contributed by atoms with Crippen LogP contribution in [0, 0.1) is 0 Å². The average molecular weight is 208 g/mol. The first kappa shape index (κ1) is 12.9. The lowest BCUT2D eigenvalue weighted by atomic mass is 10.4. The molecule has 1 atom stereocenters. The molecule has 0 aromatic heterocycles. The zero-order chi connectivity index (χ0) is 10.3. The van der Waals surface area contributed by atoms with Gasteiger partial charge < -0.3 is 10.6 Å². The van der Waals surface area contributed by atoms with E-state index in [1.807, 2.05) is 7.05 Å². The topological polar surface area (TPSA) is 58.2 Å². The van der Waals surface area contributed by atoms with E-state index < -0.39 is 9.84 Å². The second kappa shape index (κ2) is 6.34. The van der Waals surface area contributed by atoms with E-state index in [1.54, 1.807) is 6.92 Å². The Bertz CT molecular complexity index is 214. The van der Waals surface area contributed by atoms with Crippen LogP contribution in [0.2, 0.25) is 0 Å². The van der Waals surface area contributed by atoms with E-state index in [2.05, 4.69) is 10.6 Å². The quantitative estimate of drug-likeness (QED) is 0.560. The number of sulfone groups is 1. The van der Waals surface area contributed by atoms with Crippen LogP contribution in [0.25, 0.3) is 0 Å². The van der Waals surface area contributed by atoms with E-state index in [9.17, 15) is 8.42 Å². The van der Waals surface area contributed by atoms with Crippen molar-refractivity contribution >= 4 is 9.84 Å². The molecular weight excluding hydrogens is 188 g/mol. The minimum atomic E-state index is -2.87. The van der Waals surface area contributed by atoms with Crippen LogP contribution in [-0.2, 0) is 9.84 Å². The van der Waals surface area contributed by atoms with Crippen molar-refractivity contribution in [1.29, 1.82) is 0 Å². The number of nitrogens with one attached hydrogen (secondary N) is 2. The number of hydrogen-bond acceptors (Lipinski definition) is 4. The van der Waals surface area contributed by atoms with Gasteiger partial charge in [0.25, 0.3) is 0 Å². The molecule has 0 radical (unpaired) electrons. The third-order valence-electron chi connectivity index (χ3n) is 1.94. The molecule has 0 fully saturated rings. The Labute approximate surface area is 81.0 Å². The molecule has 0 saturated carbocycles. The smallest absolute Gasteiger partial charge is 0.151 e. The normalized spacial score (nSPS) is 14.4. The molecule has 0 spiro atoms. The lowest BCUT2D eigenvalue weighted by Gasteiger charge is -2.10. The highest BCUT2D eigenvalue weighted by atomic mass is 32.2. The second-order valence-corrected chi connectivity index (χ2v) is 5.77. The molecule has 0 aliphatic carbocycles. The molecule has 0 aromatic carbocycles. The Hall–Kier alpha value is -0.130. The zero-order valence-corrected chi connectivity index (χ0v) is 9.45. The Morgan fingerprint density at radius 2 is 1.92 bits per heavy atom.